The van der Waals surface area contributed by atoms with E-state index in [9.17, 15) is 0 Å². The summed E-state index contributed by atoms with van der Waals surface area (Å²) in [4.78, 5) is 2.72. The molecule has 0 radical (unpaired) electrons. The van der Waals surface area contributed by atoms with Gasteiger partial charge in [0.2, 0.25) is 0 Å². The van der Waals surface area contributed by atoms with Crippen molar-refractivity contribution in [1.82, 2.24) is 4.90 Å². The second kappa shape index (κ2) is 4.27. The molecule has 0 aromatic carbocycles. The molecule has 0 heterocycles. The first-order chi connectivity index (χ1) is 5.79. The van der Waals surface area contributed by atoms with Crippen molar-refractivity contribution in [1.29, 1.82) is 0 Å². The molecule has 0 amide bonds. The third-order valence-electron chi connectivity index (χ3n) is 3.14. The zero-order valence-corrected chi connectivity index (χ0v) is 8.90. The summed E-state index contributed by atoms with van der Waals surface area (Å²) in [5, 5.41) is 0. The Labute approximate surface area is 77.1 Å². The molecule has 1 nitrogen and oxygen atoms in total. The van der Waals surface area contributed by atoms with Gasteiger partial charge in [-0.15, -0.1) is 0 Å². The highest BCUT2D eigenvalue weighted by Gasteiger charge is 2.44. The van der Waals surface area contributed by atoms with Crippen molar-refractivity contribution in [3.63, 3.8) is 0 Å². The molecule has 1 fully saturated rings. The Balaban J connectivity index is 2.41. The van der Waals surface area contributed by atoms with Crippen LogP contribution in [0.1, 0.15) is 52.9 Å². The second-order valence-electron chi connectivity index (χ2n) is 4.06. The van der Waals surface area contributed by atoms with Crippen LogP contribution in [0.5, 0.6) is 0 Å². The molecule has 0 spiro atoms. The van der Waals surface area contributed by atoms with Crippen LogP contribution in [-0.4, -0.2) is 23.5 Å². The Bertz CT molecular complexity index is 121. The third-order valence-corrected chi connectivity index (χ3v) is 3.14. The predicted octanol–water partition coefficient (Wildman–Crippen LogP) is 3.05. The van der Waals surface area contributed by atoms with Gasteiger partial charge in [-0.25, -0.2) is 0 Å². The van der Waals surface area contributed by atoms with Crippen LogP contribution in [0.2, 0.25) is 0 Å². The highest BCUT2D eigenvalue weighted by molar-refractivity contribution is 5.02. The third kappa shape index (κ3) is 2.01. The molecule has 0 saturated heterocycles. The molecular formula is C11H23N. The first-order valence-electron chi connectivity index (χ1n) is 5.54. The molecule has 1 saturated carbocycles. The monoisotopic (exact) mass is 169 g/mol. The predicted molar refractivity (Wildman–Crippen MR) is 54.4 cm³/mol. The van der Waals surface area contributed by atoms with E-state index in [2.05, 4.69) is 25.7 Å². The molecule has 72 valence electrons. The average molecular weight is 169 g/mol. The quantitative estimate of drug-likeness (QED) is 0.590. The minimum Gasteiger partial charge on any atom is -0.298 e. The van der Waals surface area contributed by atoms with Crippen molar-refractivity contribution in [2.24, 2.45) is 0 Å². The molecular weight excluding hydrogens is 146 g/mol. The molecule has 0 aromatic rings. The maximum Gasteiger partial charge on any atom is 0.0208 e. The number of nitrogens with zero attached hydrogens (tertiary/aromatic N) is 1. The molecule has 1 aliphatic rings. The van der Waals surface area contributed by atoms with E-state index in [0.717, 1.165) is 0 Å². The van der Waals surface area contributed by atoms with Crippen LogP contribution in [-0.2, 0) is 0 Å². The van der Waals surface area contributed by atoms with Gasteiger partial charge in [0, 0.05) is 5.54 Å². The minimum atomic E-state index is 0.645. The van der Waals surface area contributed by atoms with E-state index in [1.807, 2.05) is 0 Å². The van der Waals surface area contributed by atoms with E-state index in [0.29, 0.717) is 5.54 Å². The number of rotatable bonds is 6. The highest BCUT2D eigenvalue weighted by atomic mass is 15.2. The van der Waals surface area contributed by atoms with Crippen LogP contribution in [0.3, 0.4) is 0 Å². The van der Waals surface area contributed by atoms with Crippen molar-refractivity contribution < 1.29 is 0 Å². The number of hydrogen-bond acceptors (Lipinski definition) is 1. The summed E-state index contributed by atoms with van der Waals surface area (Å²) >= 11 is 0. The van der Waals surface area contributed by atoms with Gasteiger partial charge >= 0.3 is 0 Å². The fraction of sp³-hybridized carbons (Fsp3) is 1.00. The van der Waals surface area contributed by atoms with Crippen molar-refractivity contribution in [3.8, 4) is 0 Å². The lowest BCUT2D eigenvalue weighted by Crippen LogP contribution is -2.38. The normalized spacial score (nSPS) is 20.0. The Morgan fingerprint density at radius 1 is 1.00 bits per heavy atom. The van der Waals surface area contributed by atoms with Gasteiger partial charge in [-0.3, -0.25) is 4.90 Å². The highest BCUT2D eigenvalue weighted by Crippen LogP contribution is 2.44. The lowest BCUT2D eigenvalue weighted by molar-refractivity contribution is 0.171. The van der Waals surface area contributed by atoms with Crippen molar-refractivity contribution >= 4 is 0 Å². The SMILES string of the molecule is CCCN(CCC)C1(CC)CC1. The fourth-order valence-electron chi connectivity index (χ4n) is 2.16. The summed E-state index contributed by atoms with van der Waals surface area (Å²) in [6.07, 6.45) is 6.86. The maximum atomic E-state index is 2.72. The molecule has 12 heavy (non-hydrogen) atoms. The zero-order valence-electron chi connectivity index (χ0n) is 8.90. The topological polar surface area (TPSA) is 3.24 Å². The van der Waals surface area contributed by atoms with Crippen LogP contribution in [0.25, 0.3) is 0 Å². The minimum absolute atomic E-state index is 0.645. The summed E-state index contributed by atoms with van der Waals surface area (Å²) in [6.45, 7) is 9.53. The van der Waals surface area contributed by atoms with E-state index in [1.165, 1.54) is 45.2 Å². The van der Waals surface area contributed by atoms with Crippen molar-refractivity contribution in [3.05, 3.63) is 0 Å². The average Bonchev–Trinajstić information content (AvgIpc) is 2.85. The molecule has 1 aliphatic carbocycles. The van der Waals surface area contributed by atoms with Gasteiger partial charge in [-0.2, -0.15) is 0 Å². The van der Waals surface area contributed by atoms with Crippen LogP contribution in [0.15, 0.2) is 0 Å². The van der Waals surface area contributed by atoms with Gasteiger partial charge in [0.15, 0.2) is 0 Å². The molecule has 0 N–H and O–H groups in total. The summed E-state index contributed by atoms with van der Waals surface area (Å²) in [6, 6.07) is 0. The molecule has 1 heteroatoms. The van der Waals surface area contributed by atoms with Crippen LogP contribution < -0.4 is 0 Å². The largest absolute Gasteiger partial charge is 0.298 e. The molecule has 0 aliphatic heterocycles. The smallest absolute Gasteiger partial charge is 0.0208 e. The van der Waals surface area contributed by atoms with Crippen molar-refractivity contribution in [2.45, 2.75) is 58.4 Å². The summed E-state index contributed by atoms with van der Waals surface area (Å²) in [5.41, 5.74) is 0.645. The first kappa shape index (κ1) is 10.0. The van der Waals surface area contributed by atoms with Gasteiger partial charge < -0.3 is 0 Å². The van der Waals surface area contributed by atoms with Gasteiger partial charge in [0.1, 0.15) is 0 Å². The van der Waals surface area contributed by atoms with Crippen LogP contribution in [0.4, 0.5) is 0 Å². The Kier molecular flexibility index (Phi) is 3.57. The van der Waals surface area contributed by atoms with E-state index >= 15 is 0 Å². The molecule has 1 rings (SSSR count). The van der Waals surface area contributed by atoms with Crippen molar-refractivity contribution in [2.75, 3.05) is 13.1 Å². The van der Waals surface area contributed by atoms with Gasteiger partial charge in [-0.05, 0) is 45.2 Å². The zero-order chi connectivity index (χ0) is 9.03. The lowest BCUT2D eigenvalue weighted by atomic mass is 10.1. The first-order valence-corrected chi connectivity index (χ1v) is 5.54. The van der Waals surface area contributed by atoms with Crippen LogP contribution in [0, 0.1) is 0 Å². The fourth-order valence-corrected chi connectivity index (χ4v) is 2.16. The van der Waals surface area contributed by atoms with E-state index < -0.39 is 0 Å². The molecule has 0 unspecified atom stereocenters. The van der Waals surface area contributed by atoms with E-state index in [4.69, 9.17) is 0 Å². The second-order valence-corrected chi connectivity index (χ2v) is 4.06. The maximum absolute atomic E-state index is 2.72. The molecule has 0 aromatic heterocycles. The van der Waals surface area contributed by atoms with Gasteiger partial charge in [0.05, 0.1) is 0 Å². The Morgan fingerprint density at radius 2 is 1.50 bits per heavy atom. The Hall–Kier alpha value is -0.0400. The van der Waals surface area contributed by atoms with E-state index in [-0.39, 0.29) is 0 Å². The lowest BCUT2D eigenvalue weighted by Gasteiger charge is -2.30. The molecule has 0 bridgehead atoms. The number of hydrogen-bond donors (Lipinski definition) is 0. The van der Waals surface area contributed by atoms with Gasteiger partial charge in [-0.1, -0.05) is 20.8 Å². The molecule has 0 atom stereocenters. The summed E-state index contributed by atoms with van der Waals surface area (Å²) in [7, 11) is 0. The Morgan fingerprint density at radius 3 is 1.75 bits per heavy atom. The standard InChI is InChI=1S/C11H23N/c1-4-9-12(10-5-2)11(6-3)7-8-11/h4-10H2,1-3H3. The van der Waals surface area contributed by atoms with Crippen LogP contribution >= 0.6 is 0 Å². The summed E-state index contributed by atoms with van der Waals surface area (Å²) in [5.74, 6) is 0. The summed E-state index contributed by atoms with van der Waals surface area (Å²) < 4.78 is 0. The van der Waals surface area contributed by atoms with Gasteiger partial charge in [0.25, 0.3) is 0 Å². The van der Waals surface area contributed by atoms with E-state index in [1.54, 1.807) is 0 Å².